The van der Waals surface area contributed by atoms with E-state index in [4.69, 9.17) is 9.97 Å². The molecule has 3 heteroatoms. The monoisotopic (exact) mass is 661 g/mol. The van der Waals surface area contributed by atoms with Gasteiger partial charge in [0.2, 0.25) is 0 Å². The van der Waals surface area contributed by atoms with Crippen LogP contribution in [0.3, 0.4) is 0 Å². The largest absolute Gasteiger partial charge is 0.256 e. The van der Waals surface area contributed by atoms with Crippen LogP contribution >= 0.6 is 0 Å². The maximum absolute atomic E-state index is 5.10. The lowest BCUT2D eigenvalue weighted by atomic mass is 9.90. The Bertz CT molecular complexity index is 2930. The van der Waals surface area contributed by atoms with Gasteiger partial charge in [-0.25, -0.2) is 9.97 Å². The van der Waals surface area contributed by atoms with E-state index >= 15 is 0 Å². The van der Waals surface area contributed by atoms with Crippen molar-refractivity contribution in [2.75, 3.05) is 0 Å². The lowest BCUT2D eigenvalue weighted by molar-refractivity contribution is 1.18. The number of hydrogen-bond donors (Lipinski definition) is 0. The Hall–Kier alpha value is -6.97. The number of rotatable bonds is 5. The van der Waals surface area contributed by atoms with Crippen LogP contribution in [0.1, 0.15) is 0 Å². The van der Waals surface area contributed by atoms with Gasteiger partial charge in [0.25, 0.3) is 0 Å². The van der Waals surface area contributed by atoms with Crippen LogP contribution < -0.4 is 0 Å². The van der Waals surface area contributed by atoms with E-state index in [2.05, 4.69) is 163 Å². The van der Waals surface area contributed by atoms with E-state index in [1.807, 2.05) is 30.5 Å². The highest BCUT2D eigenvalue weighted by Crippen LogP contribution is 2.39. The van der Waals surface area contributed by atoms with Crippen molar-refractivity contribution in [1.29, 1.82) is 0 Å². The van der Waals surface area contributed by atoms with E-state index in [0.29, 0.717) is 5.82 Å². The third-order valence-corrected chi connectivity index (χ3v) is 10.1. The van der Waals surface area contributed by atoms with E-state index in [9.17, 15) is 0 Å². The maximum atomic E-state index is 5.10. The number of pyridine rings is 1. The molecule has 0 atom stereocenters. The van der Waals surface area contributed by atoms with Gasteiger partial charge < -0.3 is 0 Å². The van der Waals surface area contributed by atoms with Crippen LogP contribution in [-0.2, 0) is 0 Å². The molecule has 8 aromatic carbocycles. The fourth-order valence-electron chi connectivity index (χ4n) is 7.55. The molecule has 0 aliphatic heterocycles. The molecule has 3 nitrogen and oxygen atoms in total. The minimum absolute atomic E-state index is 0.701. The standard InChI is InChI=1S/C49H31N3/c1-2-11-38(12-3-1)49-51-45(35-24-19-33(20-25-35)41-18-8-13-37-14-9-29-50-48(37)41)31-46(52-49)36-26-21-34(22-27-36)44-30-39-28-23-32-10-4-5-15-40(32)47(39)43-17-7-6-16-42(43)44/h1-31H. The first kappa shape index (κ1) is 29.9. The summed E-state index contributed by atoms with van der Waals surface area (Å²) in [7, 11) is 0. The third kappa shape index (κ3) is 5.19. The fourth-order valence-corrected chi connectivity index (χ4v) is 7.55. The average Bonchev–Trinajstić information content (AvgIpc) is 3.23. The zero-order chi connectivity index (χ0) is 34.4. The predicted molar refractivity (Wildman–Crippen MR) is 217 cm³/mol. The first-order valence-electron chi connectivity index (χ1n) is 17.6. The summed E-state index contributed by atoms with van der Waals surface area (Å²) >= 11 is 0. The van der Waals surface area contributed by atoms with Gasteiger partial charge in [0, 0.05) is 33.8 Å². The number of hydrogen-bond acceptors (Lipinski definition) is 3. The van der Waals surface area contributed by atoms with Crippen LogP contribution in [-0.4, -0.2) is 15.0 Å². The Kier molecular flexibility index (Phi) is 7.14. The van der Waals surface area contributed by atoms with Crippen LogP contribution in [0.15, 0.2) is 188 Å². The van der Waals surface area contributed by atoms with Gasteiger partial charge in [-0.1, -0.05) is 164 Å². The van der Waals surface area contributed by atoms with E-state index in [1.54, 1.807) is 0 Å². The Morgan fingerprint density at radius 3 is 1.65 bits per heavy atom. The van der Waals surface area contributed by atoms with Crippen molar-refractivity contribution in [3.63, 3.8) is 0 Å². The van der Waals surface area contributed by atoms with Crippen molar-refractivity contribution in [3.8, 4) is 56.2 Å². The predicted octanol–water partition coefficient (Wildman–Crippen LogP) is 12.8. The number of fused-ring (bicyclic) bond motifs is 6. The van der Waals surface area contributed by atoms with Gasteiger partial charge in [0.15, 0.2) is 5.82 Å². The molecule has 0 N–H and O–H groups in total. The molecule has 0 bridgehead atoms. The topological polar surface area (TPSA) is 38.7 Å². The highest BCUT2D eigenvalue weighted by molar-refractivity contribution is 6.23. The number of para-hydroxylation sites is 1. The molecule has 0 saturated carbocycles. The van der Waals surface area contributed by atoms with Crippen molar-refractivity contribution >= 4 is 43.2 Å². The summed E-state index contributed by atoms with van der Waals surface area (Å²) in [5, 5.41) is 8.74. The molecule has 0 aliphatic rings. The molecule has 52 heavy (non-hydrogen) atoms. The van der Waals surface area contributed by atoms with Crippen LogP contribution in [0.5, 0.6) is 0 Å². The first-order valence-corrected chi connectivity index (χ1v) is 17.6. The molecule has 0 aliphatic carbocycles. The SMILES string of the molecule is c1ccc(-c2nc(-c3ccc(-c4cc5ccc6ccccc6c5c5ccccc45)cc3)cc(-c3ccc(-c4cccc5cccnc45)cc3)n2)cc1. The van der Waals surface area contributed by atoms with E-state index in [0.717, 1.165) is 50.1 Å². The molecule has 0 amide bonds. The molecule has 10 rings (SSSR count). The Balaban J connectivity index is 1.06. The van der Waals surface area contributed by atoms with Crippen molar-refractivity contribution in [3.05, 3.63) is 188 Å². The molecule has 0 radical (unpaired) electrons. The Labute approximate surface area is 301 Å². The van der Waals surface area contributed by atoms with Gasteiger partial charge in [0.1, 0.15) is 0 Å². The van der Waals surface area contributed by atoms with Crippen LogP contribution in [0, 0.1) is 0 Å². The summed E-state index contributed by atoms with van der Waals surface area (Å²) in [4.78, 5) is 14.9. The highest BCUT2D eigenvalue weighted by atomic mass is 14.9. The van der Waals surface area contributed by atoms with E-state index < -0.39 is 0 Å². The van der Waals surface area contributed by atoms with Crippen LogP contribution in [0.25, 0.3) is 99.4 Å². The number of benzene rings is 8. The minimum atomic E-state index is 0.701. The highest BCUT2D eigenvalue weighted by Gasteiger charge is 2.14. The van der Waals surface area contributed by atoms with E-state index in [-0.39, 0.29) is 0 Å². The molecule has 10 aromatic rings. The Morgan fingerprint density at radius 2 is 0.904 bits per heavy atom. The molecular weight excluding hydrogens is 631 g/mol. The lowest BCUT2D eigenvalue weighted by Gasteiger charge is -2.14. The minimum Gasteiger partial charge on any atom is -0.256 e. The first-order chi connectivity index (χ1) is 25.8. The van der Waals surface area contributed by atoms with Crippen LogP contribution in [0.2, 0.25) is 0 Å². The van der Waals surface area contributed by atoms with Crippen molar-refractivity contribution in [1.82, 2.24) is 15.0 Å². The molecule has 0 unspecified atom stereocenters. The second-order valence-electron chi connectivity index (χ2n) is 13.2. The summed E-state index contributed by atoms with van der Waals surface area (Å²) in [5.41, 5.74) is 10.4. The molecule has 0 saturated heterocycles. The molecule has 0 spiro atoms. The third-order valence-electron chi connectivity index (χ3n) is 10.1. The summed E-state index contributed by atoms with van der Waals surface area (Å²) in [6.07, 6.45) is 1.85. The second kappa shape index (κ2) is 12.4. The van der Waals surface area contributed by atoms with Crippen molar-refractivity contribution < 1.29 is 0 Å². The molecule has 2 aromatic heterocycles. The molecule has 242 valence electrons. The lowest BCUT2D eigenvalue weighted by Crippen LogP contribution is -1.96. The summed E-state index contributed by atoms with van der Waals surface area (Å²) in [6, 6.07) is 64.4. The van der Waals surface area contributed by atoms with Crippen LogP contribution in [0.4, 0.5) is 0 Å². The summed E-state index contributed by atoms with van der Waals surface area (Å²) in [6.45, 7) is 0. The van der Waals surface area contributed by atoms with Crippen molar-refractivity contribution in [2.45, 2.75) is 0 Å². The van der Waals surface area contributed by atoms with E-state index in [1.165, 1.54) is 43.4 Å². The summed E-state index contributed by atoms with van der Waals surface area (Å²) < 4.78 is 0. The van der Waals surface area contributed by atoms with Gasteiger partial charge in [0.05, 0.1) is 16.9 Å². The zero-order valence-electron chi connectivity index (χ0n) is 28.2. The number of nitrogens with zero attached hydrogens (tertiary/aromatic N) is 3. The second-order valence-corrected chi connectivity index (χ2v) is 13.2. The summed E-state index contributed by atoms with van der Waals surface area (Å²) in [5.74, 6) is 0.701. The van der Waals surface area contributed by atoms with Gasteiger partial charge in [-0.2, -0.15) is 0 Å². The molecule has 0 fully saturated rings. The van der Waals surface area contributed by atoms with Gasteiger partial charge in [-0.15, -0.1) is 0 Å². The van der Waals surface area contributed by atoms with Gasteiger partial charge in [-0.3, -0.25) is 4.98 Å². The molecular formula is C49H31N3. The smallest absolute Gasteiger partial charge is 0.160 e. The quantitative estimate of drug-likeness (QED) is 0.172. The fraction of sp³-hybridized carbons (Fsp3) is 0. The zero-order valence-corrected chi connectivity index (χ0v) is 28.2. The maximum Gasteiger partial charge on any atom is 0.160 e. The number of aromatic nitrogens is 3. The molecule has 2 heterocycles. The average molecular weight is 662 g/mol. The van der Waals surface area contributed by atoms with Crippen molar-refractivity contribution in [2.24, 2.45) is 0 Å². The Morgan fingerprint density at radius 1 is 0.327 bits per heavy atom. The van der Waals surface area contributed by atoms with Gasteiger partial charge in [-0.05, 0) is 67.2 Å². The normalized spacial score (nSPS) is 11.5. The van der Waals surface area contributed by atoms with Gasteiger partial charge >= 0.3 is 0 Å².